The number of aryl methyl sites for hydroxylation is 2. The third kappa shape index (κ3) is 4.27. The largest absolute Gasteiger partial charge is 0.452 e. The number of esters is 1. The van der Waals surface area contributed by atoms with Crippen molar-refractivity contribution in [1.29, 1.82) is 0 Å². The molecule has 2 aromatic rings. The average Bonchev–Trinajstić information content (AvgIpc) is 2.83. The highest BCUT2D eigenvalue weighted by atomic mass is 35.5. The fourth-order valence-corrected chi connectivity index (χ4v) is 2.37. The Kier molecular flexibility index (Phi) is 5.85. The second-order valence-electron chi connectivity index (χ2n) is 5.20. The maximum atomic E-state index is 12.1. The molecule has 24 heavy (non-hydrogen) atoms. The van der Waals surface area contributed by atoms with E-state index in [0.717, 1.165) is 0 Å². The maximum Gasteiger partial charge on any atom is 0.311 e. The minimum absolute atomic E-state index is 0.0172. The minimum Gasteiger partial charge on any atom is -0.452 e. The molecule has 0 saturated carbocycles. The molecule has 2 rings (SSSR count). The van der Waals surface area contributed by atoms with E-state index in [-0.39, 0.29) is 11.4 Å². The quantitative estimate of drug-likeness (QED) is 0.811. The second-order valence-corrected chi connectivity index (χ2v) is 5.99. The van der Waals surface area contributed by atoms with Crippen LogP contribution in [0.1, 0.15) is 23.9 Å². The first-order chi connectivity index (χ1) is 11.3. The Morgan fingerprint density at radius 2 is 2.04 bits per heavy atom. The summed E-state index contributed by atoms with van der Waals surface area (Å²) in [4.78, 5) is 24.1. The average molecular weight is 371 g/mol. The molecular formula is C16H16Cl2N2O4. The predicted octanol–water partition coefficient (Wildman–Crippen LogP) is 3.71. The molecule has 0 bridgehead atoms. The summed E-state index contributed by atoms with van der Waals surface area (Å²) in [7, 11) is 0. The monoisotopic (exact) mass is 370 g/mol. The van der Waals surface area contributed by atoms with E-state index >= 15 is 0 Å². The van der Waals surface area contributed by atoms with E-state index in [1.165, 1.54) is 6.92 Å². The zero-order valence-electron chi connectivity index (χ0n) is 13.4. The van der Waals surface area contributed by atoms with E-state index in [1.807, 2.05) is 0 Å². The molecule has 128 valence electrons. The summed E-state index contributed by atoms with van der Waals surface area (Å²) >= 11 is 11.9. The number of nitrogens with one attached hydrogen (secondary N) is 1. The molecule has 1 atom stereocenters. The Bertz CT molecular complexity index is 754. The molecule has 1 aromatic heterocycles. The van der Waals surface area contributed by atoms with Crippen molar-refractivity contribution in [2.24, 2.45) is 0 Å². The molecule has 1 aromatic carbocycles. The number of carbonyl (C=O) groups is 2. The van der Waals surface area contributed by atoms with Gasteiger partial charge in [0, 0.05) is 5.56 Å². The van der Waals surface area contributed by atoms with E-state index < -0.39 is 18.0 Å². The lowest BCUT2D eigenvalue weighted by Gasteiger charge is -2.14. The lowest BCUT2D eigenvalue weighted by Crippen LogP contribution is -2.30. The van der Waals surface area contributed by atoms with Gasteiger partial charge in [-0.2, -0.15) is 0 Å². The van der Waals surface area contributed by atoms with Crippen molar-refractivity contribution in [2.45, 2.75) is 33.3 Å². The summed E-state index contributed by atoms with van der Waals surface area (Å²) < 4.78 is 10.1. The fourth-order valence-electron chi connectivity index (χ4n) is 2.03. The molecular weight excluding hydrogens is 355 g/mol. The summed E-state index contributed by atoms with van der Waals surface area (Å²) in [6.45, 7) is 4.91. The van der Waals surface area contributed by atoms with Gasteiger partial charge in [-0.05, 0) is 32.9 Å². The van der Waals surface area contributed by atoms with Crippen LogP contribution in [0.15, 0.2) is 22.7 Å². The number of amides is 1. The predicted molar refractivity (Wildman–Crippen MR) is 90.3 cm³/mol. The summed E-state index contributed by atoms with van der Waals surface area (Å²) in [6.07, 6.45) is -1.01. The first-order valence-electron chi connectivity index (χ1n) is 7.15. The Morgan fingerprint density at radius 1 is 1.33 bits per heavy atom. The molecule has 6 nitrogen and oxygen atoms in total. The van der Waals surface area contributed by atoms with E-state index in [1.54, 1.807) is 32.0 Å². The number of hydrogen-bond acceptors (Lipinski definition) is 5. The third-order valence-electron chi connectivity index (χ3n) is 3.39. The number of aromatic nitrogens is 1. The minimum atomic E-state index is -0.993. The van der Waals surface area contributed by atoms with Gasteiger partial charge in [0.25, 0.3) is 5.91 Å². The highest BCUT2D eigenvalue weighted by Gasteiger charge is 2.21. The zero-order chi connectivity index (χ0) is 17.9. The Hall–Kier alpha value is -2.05. The highest BCUT2D eigenvalue weighted by Crippen LogP contribution is 2.29. The topological polar surface area (TPSA) is 81.4 Å². The van der Waals surface area contributed by atoms with E-state index in [2.05, 4.69) is 10.5 Å². The van der Waals surface area contributed by atoms with Crippen molar-refractivity contribution in [3.63, 3.8) is 0 Å². The van der Waals surface area contributed by atoms with Crippen LogP contribution < -0.4 is 5.32 Å². The van der Waals surface area contributed by atoms with Gasteiger partial charge < -0.3 is 14.6 Å². The van der Waals surface area contributed by atoms with E-state index in [9.17, 15) is 9.59 Å². The smallest absolute Gasteiger partial charge is 0.311 e. The van der Waals surface area contributed by atoms with Gasteiger partial charge in [0.1, 0.15) is 5.76 Å². The molecule has 0 fully saturated rings. The van der Waals surface area contributed by atoms with Gasteiger partial charge in [0.15, 0.2) is 6.10 Å². The van der Waals surface area contributed by atoms with Crippen LogP contribution in [0.25, 0.3) is 0 Å². The number of benzene rings is 1. The van der Waals surface area contributed by atoms with Crippen molar-refractivity contribution in [2.75, 3.05) is 5.32 Å². The van der Waals surface area contributed by atoms with Crippen LogP contribution in [0.3, 0.4) is 0 Å². The molecule has 0 unspecified atom stereocenters. The summed E-state index contributed by atoms with van der Waals surface area (Å²) in [5, 5.41) is 6.88. The van der Waals surface area contributed by atoms with Crippen LogP contribution >= 0.6 is 23.2 Å². The molecule has 0 aliphatic carbocycles. The molecule has 8 heteroatoms. The Morgan fingerprint density at radius 3 is 2.67 bits per heavy atom. The Labute approximate surface area is 149 Å². The van der Waals surface area contributed by atoms with Crippen molar-refractivity contribution in [3.05, 3.63) is 45.3 Å². The van der Waals surface area contributed by atoms with Crippen molar-refractivity contribution < 1.29 is 18.8 Å². The lowest BCUT2D eigenvalue weighted by molar-refractivity contribution is -0.152. The molecule has 0 aliphatic rings. The van der Waals surface area contributed by atoms with Gasteiger partial charge >= 0.3 is 5.97 Å². The normalized spacial score (nSPS) is 11.9. The van der Waals surface area contributed by atoms with Crippen molar-refractivity contribution in [3.8, 4) is 0 Å². The summed E-state index contributed by atoms with van der Waals surface area (Å²) in [5.41, 5.74) is 1.63. The number of anilines is 1. The molecule has 0 saturated heterocycles. The van der Waals surface area contributed by atoms with Gasteiger partial charge in [-0.3, -0.25) is 9.59 Å². The lowest BCUT2D eigenvalue weighted by atomic mass is 10.1. The van der Waals surface area contributed by atoms with E-state index in [4.69, 9.17) is 32.5 Å². The first-order valence-corrected chi connectivity index (χ1v) is 7.91. The second kappa shape index (κ2) is 7.68. The molecule has 0 aliphatic heterocycles. The summed E-state index contributed by atoms with van der Waals surface area (Å²) in [6, 6.07) is 4.86. The van der Waals surface area contributed by atoms with Crippen LogP contribution in [-0.2, 0) is 20.7 Å². The van der Waals surface area contributed by atoms with Crippen LogP contribution in [-0.4, -0.2) is 23.1 Å². The van der Waals surface area contributed by atoms with E-state index in [0.29, 0.717) is 27.7 Å². The standard InChI is InChI=1S/C16H16Cl2N2O4/c1-8-11(9(2)24-20-8)7-14(21)23-10(3)16(22)19-13-6-4-5-12(17)15(13)18/h4-6,10H,7H2,1-3H3,(H,19,22)/t10-/m0/s1. The molecule has 1 amide bonds. The number of ether oxygens (including phenoxy) is 1. The molecule has 1 N–H and O–H groups in total. The van der Waals surface area contributed by atoms with Gasteiger partial charge in [-0.1, -0.05) is 34.4 Å². The number of carbonyl (C=O) groups excluding carboxylic acids is 2. The van der Waals surface area contributed by atoms with Gasteiger partial charge in [0.05, 0.1) is 27.8 Å². The zero-order valence-corrected chi connectivity index (χ0v) is 14.9. The first kappa shape index (κ1) is 18.3. The molecule has 0 spiro atoms. The van der Waals surface area contributed by atoms with Crippen LogP contribution in [0, 0.1) is 13.8 Å². The third-order valence-corrected chi connectivity index (χ3v) is 4.21. The number of nitrogens with zero attached hydrogens (tertiary/aromatic N) is 1. The highest BCUT2D eigenvalue weighted by molar-refractivity contribution is 6.44. The van der Waals surface area contributed by atoms with Crippen molar-refractivity contribution in [1.82, 2.24) is 5.16 Å². The fraction of sp³-hybridized carbons (Fsp3) is 0.312. The number of halogens is 2. The van der Waals surface area contributed by atoms with Gasteiger partial charge in [0.2, 0.25) is 0 Å². The van der Waals surface area contributed by atoms with Crippen molar-refractivity contribution >= 4 is 40.8 Å². The van der Waals surface area contributed by atoms with Gasteiger partial charge in [-0.15, -0.1) is 0 Å². The number of hydrogen-bond donors (Lipinski definition) is 1. The molecule has 0 radical (unpaired) electrons. The number of rotatable bonds is 5. The SMILES string of the molecule is Cc1noc(C)c1CC(=O)O[C@@H](C)C(=O)Nc1cccc(Cl)c1Cl. The van der Waals surface area contributed by atoms with Gasteiger partial charge in [-0.25, -0.2) is 0 Å². The van der Waals surface area contributed by atoms with Crippen LogP contribution in [0.4, 0.5) is 5.69 Å². The van der Waals surface area contributed by atoms with Crippen LogP contribution in [0.5, 0.6) is 0 Å². The summed E-state index contributed by atoms with van der Waals surface area (Å²) in [5.74, 6) is -0.511. The maximum absolute atomic E-state index is 12.1. The van der Waals surface area contributed by atoms with Crippen LogP contribution in [0.2, 0.25) is 10.0 Å². The molecule has 1 heterocycles. The Balaban J connectivity index is 1.96.